The maximum atomic E-state index is 12.5. The van der Waals surface area contributed by atoms with Gasteiger partial charge in [0.1, 0.15) is 5.69 Å². The molecule has 0 fully saturated rings. The van der Waals surface area contributed by atoms with Crippen molar-refractivity contribution >= 4 is 5.91 Å². The van der Waals surface area contributed by atoms with Gasteiger partial charge in [-0.15, -0.1) is 0 Å². The van der Waals surface area contributed by atoms with Gasteiger partial charge in [-0.1, -0.05) is 0 Å². The molecule has 3 rings (SSSR count). The maximum Gasteiger partial charge on any atom is 0.432 e. The van der Waals surface area contributed by atoms with Crippen LogP contribution in [0.15, 0.2) is 12.3 Å². The van der Waals surface area contributed by atoms with Crippen molar-refractivity contribution in [3.8, 4) is 0 Å². The van der Waals surface area contributed by atoms with Gasteiger partial charge in [-0.05, 0) is 36.6 Å². The molecule has 0 spiro atoms. The van der Waals surface area contributed by atoms with Crippen molar-refractivity contribution in [1.29, 1.82) is 0 Å². The van der Waals surface area contributed by atoms with Crippen LogP contribution < -0.4 is 10.6 Å². The fourth-order valence-corrected chi connectivity index (χ4v) is 2.72. The van der Waals surface area contributed by atoms with Gasteiger partial charge in [0.2, 0.25) is 0 Å². The molecule has 6 nitrogen and oxygen atoms in total. The maximum absolute atomic E-state index is 12.5. The number of amides is 1. The minimum atomic E-state index is -4.56. The highest BCUT2D eigenvalue weighted by molar-refractivity contribution is 5.92. The number of halogens is 3. The number of nitrogens with zero attached hydrogens (tertiary/aromatic N) is 2. The minimum absolute atomic E-state index is 0.203. The Bertz CT molecular complexity index is 769. The highest BCUT2D eigenvalue weighted by Crippen LogP contribution is 2.27. The summed E-state index contributed by atoms with van der Waals surface area (Å²) < 4.78 is 37.6. The smallest absolute Gasteiger partial charge is 0.346 e. The molecule has 0 saturated carbocycles. The van der Waals surface area contributed by atoms with E-state index in [1.54, 1.807) is 0 Å². The number of aromatic nitrogens is 3. The zero-order chi connectivity index (χ0) is 17.3. The van der Waals surface area contributed by atoms with Gasteiger partial charge >= 0.3 is 6.18 Å². The third kappa shape index (κ3) is 3.25. The lowest BCUT2D eigenvalue weighted by molar-refractivity contribution is -0.141. The van der Waals surface area contributed by atoms with Gasteiger partial charge in [-0.2, -0.15) is 18.3 Å². The summed E-state index contributed by atoms with van der Waals surface area (Å²) >= 11 is 0. The predicted molar refractivity (Wildman–Crippen MR) is 79.1 cm³/mol. The molecule has 0 atom stereocenters. The second-order valence-electron chi connectivity index (χ2n) is 5.60. The molecule has 3 heterocycles. The molecule has 1 aliphatic heterocycles. The van der Waals surface area contributed by atoms with Crippen LogP contribution in [0.1, 0.15) is 38.6 Å². The lowest BCUT2D eigenvalue weighted by Crippen LogP contribution is -2.29. The number of carbonyl (C=O) groups excluding carboxylic acids is 1. The Morgan fingerprint density at radius 2 is 2.21 bits per heavy atom. The van der Waals surface area contributed by atoms with Crippen molar-refractivity contribution in [3.05, 3.63) is 46.0 Å². The van der Waals surface area contributed by atoms with E-state index < -0.39 is 17.8 Å². The van der Waals surface area contributed by atoms with Crippen LogP contribution in [-0.2, 0) is 25.7 Å². The quantitative estimate of drug-likeness (QED) is 0.795. The SMILES string of the molecule is Cc1ncc2c(c1CNC(=O)c1cc(C(F)(F)F)[nH]n1)CCNC2. The van der Waals surface area contributed by atoms with Crippen molar-refractivity contribution in [2.75, 3.05) is 6.54 Å². The first-order valence-corrected chi connectivity index (χ1v) is 7.44. The molecule has 2 aromatic rings. The number of H-pyrrole nitrogens is 1. The number of alkyl halides is 3. The zero-order valence-electron chi connectivity index (χ0n) is 12.9. The number of carbonyl (C=O) groups is 1. The zero-order valence-corrected chi connectivity index (χ0v) is 12.9. The van der Waals surface area contributed by atoms with Crippen LogP contribution in [0.25, 0.3) is 0 Å². The number of fused-ring (bicyclic) bond motifs is 1. The van der Waals surface area contributed by atoms with E-state index in [-0.39, 0.29) is 12.2 Å². The van der Waals surface area contributed by atoms with Gasteiger partial charge < -0.3 is 10.6 Å². The lowest BCUT2D eigenvalue weighted by atomic mass is 9.96. The third-order valence-corrected chi connectivity index (χ3v) is 4.01. The number of pyridine rings is 1. The fourth-order valence-electron chi connectivity index (χ4n) is 2.72. The number of aryl methyl sites for hydroxylation is 1. The van der Waals surface area contributed by atoms with Gasteiger partial charge in [-0.3, -0.25) is 14.9 Å². The van der Waals surface area contributed by atoms with E-state index in [1.165, 1.54) is 0 Å². The summed E-state index contributed by atoms with van der Waals surface area (Å²) in [5.41, 5.74) is 2.59. The van der Waals surface area contributed by atoms with Crippen molar-refractivity contribution in [1.82, 2.24) is 25.8 Å². The normalized spacial score (nSPS) is 14.3. The molecule has 0 radical (unpaired) electrons. The first kappa shape index (κ1) is 16.4. The van der Waals surface area contributed by atoms with Crippen LogP contribution in [-0.4, -0.2) is 27.6 Å². The van der Waals surface area contributed by atoms with E-state index in [0.717, 1.165) is 41.9 Å². The average molecular weight is 339 g/mol. The number of aromatic amines is 1. The Kier molecular flexibility index (Phi) is 4.27. The second kappa shape index (κ2) is 6.23. The molecule has 0 aromatic carbocycles. The molecule has 1 amide bonds. The highest BCUT2D eigenvalue weighted by atomic mass is 19.4. The molecule has 9 heteroatoms. The van der Waals surface area contributed by atoms with Crippen LogP contribution in [0.3, 0.4) is 0 Å². The van der Waals surface area contributed by atoms with Crippen molar-refractivity contribution in [3.63, 3.8) is 0 Å². The van der Waals surface area contributed by atoms with Crippen LogP contribution in [0.4, 0.5) is 13.2 Å². The van der Waals surface area contributed by atoms with E-state index in [2.05, 4.69) is 20.7 Å². The summed E-state index contributed by atoms with van der Waals surface area (Å²) in [4.78, 5) is 16.4. The molecule has 0 saturated heterocycles. The number of nitrogens with one attached hydrogen (secondary N) is 3. The van der Waals surface area contributed by atoms with E-state index in [4.69, 9.17) is 0 Å². The van der Waals surface area contributed by atoms with Crippen LogP contribution in [0.2, 0.25) is 0 Å². The standard InChI is InChI=1S/C15H16F3N5O/c1-8-11(10-2-3-19-5-9(10)6-20-8)7-21-14(24)12-4-13(23-22-12)15(16,17)18/h4,6,19H,2-3,5,7H2,1H3,(H,21,24)(H,22,23). The van der Waals surface area contributed by atoms with E-state index in [0.29, 0.717) is 6.07 Å². The molecule has 3 N–H and O–H groups in total. The van der Waals surface area contributed by atoms with Crippen LogP contribution in [0, 0.1) is 6.92 Å². The predicted octanol–water partition coefficient (Wildman–Crippen LogP) is 1.71. The molecular weight excluding hydrogens is 323 g/mol. The summed E-state index contributed by atoms with van der Waals surface area (Å²) in [7, 11) is 0. The molecule has 0 unspecified atom stereocenters. The number of rotatable bonds is 3. The number of hydrogen-bond acceptors (Lipinski definition) is 4. The van der Waals surface area contributed by atoms with Gasteiger partial charge in [0, 0.05) is 31.0 Å². The first-order valence-electron chi connectivity index (χ1n) is 7.44. The fraction of sp³-hybridized carbons (Fsp3) is 0.400. The van der Waals surface area contributed by atoms with Crippen LogP contribution >= 0.6 is 0 Å². The topological polar surface area (TPSA) is 82.7 Å². The Balaban J connectivity index is 1.74. The second-order valence-corrected chi connectivity index (χ2v) is 5.60. The van der Waals surface area contributed by atoms with Crippen molar-refractivity contribution < 1.29 is 18.0 Å². The average Bonchev–Trinajstić information content (AvgIpc) is 3.04. The Hall–Kier alpha value is -2.42. The largest absolute Gasteiger partial charge is 0.432 e. The van der Waals surface area contributed by atoms with Crippen LogP contribution in [0.5, 0.6) is 0 Å². The monoisotopic (exact) mass is 339 g/mol. The van der Waals surface area contributed by atoms with Crippen molar-refractivity contribution in [2.45, 2.75) is 32.6 Å². The van der Waals surface area contributed by atoms with Crippen molar-refractivity contribution in [2.24, 2.45) is 0 Å². The van der Waals surface area contributed by atoms with E-state index in [9.17, 15) is 18.0 Å². The Morgan fingerprint density at radius 3 is 2.92 bits per heavy atom. The summed E-state index contributed by atoms with van der Waals surface area (Å²) in [5.74, 6) is -0.660. The summed E-state index contributed by atoms with van der Waals surface area (Å²) in [6, 6.07) is 0.699. The molecule has 2 aromatic heterocycles. The molecule has 0 aliphatic carbocycles. The van der Waals surface area contributed by atoms with E-state index >= 15 is 0 Å². The molecular formula is C15H16F3N5O. The minimum Gasteiger partial charge on any atom is -0.346 e. The third-order valence-electron chi connectivity index (χ3n) is 4.01. The molecule has 0 bridgehead atoms. The lowest BCUT2D eigenvalue weighted by Gasteiger charge is -2.21. The van der Waals surface area contributed by atoms with Gasteiger partial charge in [0.15, 0.2) is 5.69 Å². The number of hydrogen-bond donors (Lipinski definition) is 3. The molecule has 24 heavy (non-hydrogen) atoms. The van der Waals surface area contributed by atoms with Gasteiger partial charge in [0.05, 0.1) is 0 Å². The summed E-state index contributed by atoms with van der Waals surface area (Å²) in [6.07, 6.45) is -1.92. The Labute approximate surface area is 135 Å². The summed E-state index contributed by atoms with van der Waals surface area (Å²) in [5, 5.41) is 11.1. The summed E-state index contributed by atoms with van der Waals surface area (Å²) in [6.45, 7) is 3.61. The van der Waals surface area contributed by atoms with Gasteiger partial charge in [-0.25, -0.2) is 0 Å². The molecule has 128 valence electrons. The van der Waals surface area contributed by atoms with E-state index in [1.807, 2.05) is 18.2 Å². The first-order chi connectivity index (χ1) is 11.4. The van der Waals surface area contributed by atoms with Gasteiger partial charge in [0.25, 0.3) is 5.91 Å². The highest BCUT2D eigenvalue weighted by Gasteiger charge is 2.33. The Morgan fingerprint density at radius 1 is 1.42 bits per heavy atom. The molecule has 1 aliphatic rings.